The van der Waals surface area contributed by atoms with Crippen molar-refractivity contribution in [2.45, 2.75) is 31.8 Å². The summed E-state index contributed by atoms with van der Waals surface area (Å²) in [6.45, 7) is 5.28. The van der Waals surface area contributed by atoms with Gasteiger partial charge < -0.3 is 15.0 Å². The van der Waals surface area contributed by atoms with Gasteiger partial charge >= 0.3 is 0 Å². The number of carbonyl (C=O) groups is 1. The summed E-state index contributed by atoms with van der Waals surface area (Å²) in [6, 6.07) is 8.47. The highest BCUT2D eigenvalue weighted by atomic mass is 16.5. The van der Waals surface area contributed by atoms with Crippen LogP contribution in [0.4, 0.5) is 0 Å². The van der Waals surface area contributed by atoms with E-state index in [0.717, 1.165) is 51.2 Å². The number of nitrogens with one attached hydrogen (secondary N) is 1. The smallest absolute Gasteiger partial charge is 0.237 e. The molecule has 1 aliphatic carbocycles. The fraction of sp³-hybridized carbons (Fsp3) is 0.611. The third kappa shape index (κ3) is 4.69. The van der Waals surface area contributed by atoms with Crippen LogP contribution in [0.2, 0.25) is 0 Å². The Kier molecular flexibility index (Phi) is 5.51. The second-order valence-electron chi connectivity index (χ2n) is 6.48. The third-order valence-electron chi connectivity index (χ3n) is 4.61. The molecule has 5 heteroatoms. The van der Waals surface area contributed by atoms with E-state index in [2.05, 4.69) is 27.2 Å². The van der Waals surface area contributed by atoms with Gasteiger partial charge in [0.1, 0.15) is 5.75 Å². The Balaban J connectivity index is 1.59. The van der Waals surface area contributed by atoms with Gasteiger partial charge in [-0.05, 0) is 50.0 Å². The van der Waals surface area contributed by atoms with Gasteiger partial charge in [0, 0.05) is 25.7 Å². The van der Waals surface area contributed by atoms with Crippen LogP contribution in [0.15, 0.2) is 24.3 Å². The van der Waals surface area contributed by atoms with Crippen LogP contribution >= 0.6 is 0 Å². The Morgan fingerprint density at radius 2 is 2.04 bits per heavy atom. The minimum Gasteiger partial charge on any atom is -0.497 e. The highest BCUT2D eigenvalue weighted by Gasteiger charge is 2.33. The molecule has 5 nitrogen and oxygen atoms in total. The normalized spacial score (nSPS) is 19.2. The van der Waals surface area contributed by atoms with E-state index in [4.69, 9.17) is 4.74 Å². The highest BCUT2D eigenvalue weighted by molar-refractivity contribution is 5.79. The van der Waals surface area contributed by atoms with Crippen LogP contribution < -0.4 is 10.1 Å². The van der Waals surface area contributed by atoms with Gasteiger partial charge in [-0.2, -0.15) is 0 Å². The average Bonchev–Trinajstić information content (AvgIpc) is 3.41. The standard InChI is InChI=1S/C18H27N3O2/c1-23-17-7-3-15(4-8-17)13-21(16-5-6-16)18(22)14-20-11-2-9-19-10-12-20/h3-4,7-8,16,19H,2,5-6,9-14H2,1H3. The summed E-state index contributed by atoms with van der Waals surface area (Å²) in [5.74, 6) is 1.13. The zero-order valence-corrected chi connectivity index (χ0v) is 14.0. The molecule has 0 atom stereocenters. The molecule has 1 saturated heterocycles. The third-order valence-corrected chi connectivity index (χ3v) is 4.61. The predicted octanol–water partition coefficient (Wildman–Crippen LogP) is 1.48. The highest BCUT2D eigenvalue weighted by Crippen LogP contribution is 2.29. The van der Waals surface area contributed by atoms with Crippen LogP contribution in [-0.2, 0) is 11.3 Å². The number of hydrogen-bond donors (Lipinski definition) is 1. The summed E-state index contributed by atoms with van der Waals surface area (Å²) in [4.78, 5) is 17.1. The summed E-state index contributed by atoms with van der Waals surface area (Å²) in [5.41, 5.74) is 1.17. The number of benzene rings is 1. The number of amides is 1. The first kappa shape index (κ1) is 16.3. The monoisotopic (exact) mass is 317 g/mol. The molecule has 1 aromatic carbocycles. The lowest BCUT2D eigenvalue weighted by Gasteiger charge is -2.27. The molecule has 23 heavy (non-hydrogen) atoms. The zero-order chi connectivity index (χ0) is 16.1. The zero-order valence-electron chi connectivity index (χ0n) is 14.0. The van der Waals surface area contributed by atoms with Crippen molar-refractivity contribution < 1.29 is 9.53 Å². The molecule has 0 unspecified atom stereocenters. The number of rotatable bonds is 6. The molecule has 2 aliphatic rings. The Morgan fingerprint density at radius 1 is 1.26 bits per heavy atom. The maximum Gasteiger partial charge on any atom is 0.237 e. The first-order valence-corrected chi connectivity index (χ1v) is 8.62. The average molecular weight is 317 g/mol. The number of ether oxygens (including phenoxy) is 1. The summed E-state index contributed by atoms with van der Waals surface area (Å²) in [6.07, 6.45) is 3.40. The molecular weight excluding hydrogens is 290 g/mol. The maximum absolute atomic E-state index is 12.8. The van der Waals surface area contributed by atoms with Crippen molar-refractivity contribution in [3.8, 4) is 5.75 Å². The van der Waals surface area contributed by atoms with E-state index < -0.39 is 0 Å². The number of hydrogen-bond acceptors (Lipinski definition) is 4. The van der Waals surface area contributed by atoms with Gasteiger partial charge in [-0.1, -0.05) is 12.1 Å². The molecule has 3 rings (SSSR count). The predicted molar refractivity (Wildman–Crippen MR) is 90.5 cm³/mol. The Bertz CT molecular complexity index is 506. The van der Waals surface area contributed by atoms with Crippen molar-refractivity contribution in [3.63, 3.8) is 0 Å². The second kappa shape index (κ2) is 7.79. The first-order chi connectivity index (χ1) is 11.3. The summed E-state index contributed by atoms with van der Waals surface area (Å²) in [7, 11) is 1.67. The largest absolute Gasteiger partial charge is 0.497 e. The molecule has 0 radical (unpaired) electrons. The molecule has 1 aliphatic heterocycles. The van der Waals surface area contributed by atoms with E-state index in [1.165, 1.54) is 5.56 Å². The van der Waals surface area contributed by atoms with E-state index in [9.17, 15) is 4.79 Å². The van der Waals surface area contributed by atoms with E-state index >= 15 is 0 Å². The lowest BCUT2D eigenvalue weighted by molar-refractivity contribution is -0.133. The second-order valence-corrected chi connectivity index (χ2v) is 6.48. The molecule has 1 N–H and O–H groups in total. The Hall–Kier alpha value is -1.59. The molecule has 0 aromatic heterocycles. The molecule has 1 heterocycles. The molecule has 1 amide bonds. The SMILES string of the molecule is COc1ccc(CN(C(=O)CN2CCCNCC2)C2CC2)cc1. The van der Waals surface area contributed by atoms with E-state index in [-0.39, 0.29) is 5.91 Å². The molecule has 0 spiro atoms. The molecular formula is C18H27N3O2. The van der Waals surface area contributed by atoms with Crippen molar-refractivity contribution in [1.29, 1.82) is 0 Å². The van der Waals surface area contributed by atoms with Gasteiger partial charge in [0.25, 0.3) is 0 Å². The van der Waals surface area contributed by atoms with Crippen LogP contribution in [0, 0.1) is 0 Å². The number of nitrogens with zero attached hydrogens (tertiary/aromatic N) is 2. The van der Waals surface area contributed by atoms with Crippen LogP contribution in [0.5, 0.6) is 5.75 Å². The van der Waals surface area contributed by atoms with Gasteiger partial charge in [0.15, 0.2) is 0 Å². The Morgan fingerprint density at radius 3 is 2.74 bits per heavy atom. The van der Waals surface area contributed by atoms with Gasteiger partial charge in [-0.3, -0.25) is 9.69 Å². The minimum absolute atomic E-state index is 0.269. The van der Waals surface area contributed by atoms with E-state index in [0.29, 0.717) is 19.1 Å². The summed E-state index contributed by atoms with van der Waals surface area (Å²) in [5, 5.41) is 3.39. The van der Waals surface area contributed by atoms with Crippen LogP contribution in [0.1, 0.15) is 24.8 Å². The molecule has 1 aromatic rings. The van der Waals surface area contributed by atoms with Crippen LogP contribution in [-0.4, -0.2) is 61.6 Å². The van der Waals surface area contributed by atoms with Gasteiger partial charge in [0.05, 0.1) is 13.7 Å². The summed E-state index contributed by atoms with van der Waals surface area (Å²) >= 11 is 0. The fourth-order valence-electron chi connectivity index (χ4n) is 3.08. The van der Waals surface area contributed by atoms with E-state index in [1.807, 2.05) is 12.1 Å². The van der Waals surface area contributed by atoms with E-state index in [1.54, 1.807) is 7.11 Å². The van der Waals surface area contributed by atoms with Crippen molar-refractivity contribution in [1.82, 2.24) is 15.1 Å². The fourth-order valence-corrected chi connectivity index (χ4v) is 3.08. The van der Waals surface area contributed by atoms with Crippen molar-refractivity contribution in [3.05, 3.63) is 29.8 Å². The first-order valence-electron chi connectivity index (χ1n) is 8.62. The minimum atomic E-state index is 0.269. The lowest BCUT2D eigenvalue weighted by atomic mass is 10.2. The molecule has 1 saturated carbocycles. The molecule has 0 bridgehead atoms. The van der Waals surface area contributed by atoms with Crippen molar-refractivity contribution >= 4 is 5.91 Å². The number of carbonyl (C=O) groups excluding carboxylic acids is 1. The van der Waals surface area contributed by atoms with Crippen LogP contribution in [0.25, 0.3) is 0 Å². The maximum atomic E-state index is 12.8. The topological polar surface area (TPSA) is 44.8 Å². The Labute approximate surface area is 138 Å². The van der Waals surface area contributed by atoms with Gasteiger partial charge in [-0.25, -0.2) is 0 Å². The quantitative estimate of drug-likeness (QED) is 0.863. The lowest BCUT2D eigenvalue weighted by Crippen LogP contribution is -2.42. The van der Waals surface area contributed by atoms with Crippen molar-refractivity contribution in [2.24, 2.45) is 0 Å². The van der Waals surface area contributed by atoms with Crippen molar-refractivity contribution in [2.75, 3.05) is 39.8 Å². The van der Waals surface area contributed by atoms with Crippen LogP contribution in [0.3, 0.4) is 0 Å². The molecule has 2 fully saturated rings. The van der Waals surface area contributed by atoms with Gasteiger partial charge in [0.2, 0.25) is 5.91 Å². The summed E-state index contributed by atoms with van der Waals surface area (Å²) < 4.78 is 5.20. The molecule has 126 valence electrons. The number of methoxy groups -OCH3 is 1. The van der Waals surface area contributed by atoms with Gasteiger partial charge in [-0.15, -0.1) is 0 Å².